The van der Waals surface area contributed by atoms with Crippen molar-refractivity contribution >= 4 is 23.3 Å². The van der Waals surface area contributed by atoms with Crippen LogP contribution in [0.3, 0.4) is 0 Å². The third kappa shape index (κ3) is 3.29. The van der Waals surface area contributed by atoms with Crippen LogP contribution in [0.4, 0.5) is 0 Å². The third-order valence-electron chi connectivity index (χ3n) is 1.97. The molecule has 0 amide bonds. The zero-order chi connectivity index (χ0) is 9.84. The molecular weight excluding hydrogens is 200 g/mol. The van der Waals surface area contributed by atoms with Crippen LogP contribution in [0.1, 0.15) is 30.8 Å². The highest BCUT2D eigenvalue weighted by Gasteiger charge is 2.05. The SMILES string of the molecule is CCC(C)NSc1nc(C)c(C)s1. The lowest BCUT2D eigenvalue weighted by Gasteiger charge is -2.07. The topological polar surface area (TPSA) is 24.9 Å². The highest BCUT2D eigenvalue weighted by atomic mass is 32.2. The number of hydrogen-bond acceptors (Lipinski definition) is 4. The van der Waals surface area contributed by atoms with Gasteiger partial charge in [-0.3, -0.25) is 4.72 Å². The second-order valence-electron chi connectivity index (χ2n) is 3.15. The van der Waals surface area contributed by atoms with E-state index in [-0.39, 0.29) is 0 Å². The highest BCUT2D eigenvalue weighted by Crippen LogP contribution is 2.24. The zero-order valence-corrected chi connectivity index (χ0v) is 10.2. The molecule has 0 saturated carbocycles. The fraction of sp³-hybridized carbons (Fsp3) is 0.667. The molecule has 0 radical (unpaired) electrons. The minimum atomic E-state index is 0.550. The molecule has 13 heavy (non-hydrogen) atoms. The normalized spacial score (nSPS) is 13.2. The lowest BCUT2D eigenvalue weighted by molar-refractivity contribution is 0.668. The summed E-state index contributed by atoms with van der Waals surface area (Å²) in [5.41, 5.74) is 1.15. The minimum Gasteiger partial charge on any atom is -0.255 e. The van der Waals surface area contributed by atoms with Crippen LogP contribution in [0.15, 0.2) is 4.34 Å². The Hall–Kier alpha value is -0.0600. The van der Waals surface area contributed by atoms with Crippen molar-refractivity contribution in [2.45, 2.75) is 44.5 Å². The summed E-state index contributed by atoms with van der Waals surface area (Å²) in [6.07, 6.45) is 1.15. The van der Waals surface area contributed by atoms with E-state index in [1.165, 1.54) is 4.88 Å². The van der Waals surface area contributed by atoms with Gasteiger partial charge in [0.2, 0.25) is 0 Å². The van der Waals surface area contributed by atoms with E-state index in [4.69, 9.17) is 0 Å². The van der Waals surface area contributed by atoms with Crippen LogP contribution in [-0.4, -0.2) is 11.0 Å². The van der Waals surface area contributed by atoms with Crippen LogP contribution in [-0.2, 0) is 0 Å². The molecular formula is C9H16N2S2. The number of rotatable bonds is 4. The van der Waals surface area contributed by atoms with Crippen LogP contribution in [0.25, 0.3) is 0 Å². The van der Waals surface area contributed by atoms with Crippen molar-refractivity contribution in [3.8, 4) is 0 Å². The maximum Gasteiger partial charge on any atom is 0.165 e. The second-order valence-corrected chi connectivity index (χ2v) is 5.44. The molecule has 74 valence electrons. The Balaban J connectivity index is 2.45. The van der Waals surface area contributed by atoms with Crippen molar-refractivity contribution < 1.29 is 0 Å². The van der Waals surface area contributed by atoms with Crippen molar-refractivity contribution in [1.29, 1.82) is 0 Å². The van der Waals surface area contributed by atoms with Crippen LogP contribution in [0, 0.1) is 13.8 Å². The van der Waals surface area contributed by atoms with Gasteiger partial charge in [-0.05, 0) is 39.1 Å². The molecule has 1 N–H and O–H groups in total. The van der Waals surface area contributed by atoms with E-state index in [0.29, 0.717) is 6.04 Å². The van der Waals surface area contributed by atoms with Gasteiger partial charge in [0.25, 0.3) is 0 Å². The van der Waals surface area contributed by atoms with Gasteiger partial charge in [0, 0.05) is 10.9 Å². The van der Waals surface area contributed by atoms with Gasteiger partial charge in [-0.15, -0.1) is 11.3 Å². The van der Waals surface area contributed by atoms with E-state index in [9.17, 15) is 0 Å². The largest absolute Gasteiger partial charge is 0.255 e. The number of hydrogen-bond donors (Lipinski definition) is 1. The molecule has 1 heterocycles. The summed E-state index contributed by atoms with van der Waals surface area (Å²) in [7, 11) is 0. The molecule has 0 aliphatic heterocycles. The summed E-state index contributed by atoms with van der Waals surface area (Å²) >= 11 is 3.40. The monoisotopic (exact) mass is 216 g/mol. The van der Waals surface area contributed by atoms with Gasteiger partial charge >= 0.3 is 0 Å². The summed E-state index contributed by atoms with van der Waals surface area (Å²) < 4.78 is 4.47. The van der Waals surface area contributed by atoms with Crippen molar-refractivity contribution in [1.82, 2.24) is 9.71 Å². The van der Waals surface area contributed by atoms with Gasteiger partial charge in [-0.2, -0.15) is 0 Å². The number of nitrogens with one attached hydrogen (secondary N) is 1. The highest BCUT2D eigenvalue weighted by molar-refractivity contribution is 7.99. The van der Waals surface area contributed by atoms with Gasteiger partial charge in [-0.25, -0.2) is 4.98 Å². The zero-order valence-electron chi connectivity index (χ0n) is 8.55. The number of aromatic nitrogens is 1. The van der Waals surface area contributed by atoms with E-state index >= 15 is 0 Å². The molecule has 0 aliphatic rings. The molecule has 1 rings (SSSR count). The fourth-order valence-electron chi connectivity index (χ4n) is 0.721. The first-order valence-electron chi connectivity index (χ1n) is 4.50. The third-order valence-corrected chi connectivity index (χ3v) is 4.12. The Morgan fingerprint density at radius 1 is 1.54 bits per heavy atom. The molecule has 1 aromatic heterocycles. The Bertz CT molecular complexity index is 251. The second kappa shape index (κ2) is 4.98. The number of aryl methyl sites for hydroxylation is 2. The van der Waals surface area contributed by atoms with E-state index in [1.807, 2.05) is 0 Å². The smallest absolute Gasteiger partial charge is 0.165 e. The first kappa shape index (κ1) is 11.0. The molecule has 0 bridgehead atoms. The summed E-state index contributed by atoms with van der Waals surface area (Å²) in [5, 5.41) is 0. The molecule has 1 unspecified atom stereocenters. The fourth-order valence-corrected chi connectivity index (χ4v) is 2.70. The van der Waals surface area contributed by atoms with Crippen LogP contribution >= 0.6 is 23.3 Å². The molecule has 4 heteroatoms. The van der Waals surface area contributed by atoms with Crippen LogP contribution in [0.5, 0.6) is 0 Å². The molecule has 0 aromatic carbocycles. The Labute approximate surface area is 88.3 Å². The lowest BCUT2D eigenvalue weighted by atomic mass is 10.3. The molecule has 2 nitrogen and oxygen atoms in total. The van der Waals surface area contributed by atoms with Gasteiger partial charge in [0.1, 0.15) is 0 Å². The van der Waals surface area contributed by atoms with Gasteiger partial charge in [0.05, 0.1) is 5.69 Å². The standard InChI is InChI=1S/C9H16N2S2/c1-5-6(2)11-13-9-10-7(3)8(4)12-9/h6,11H,5H2,1-4H3. The Kier molecular flexibility index (Phi) is 4.22. The summed E-state index contributed by atoms with van der Waals surface area (Å²) in [4.78, 5) is 5.75. The average molecular weight is 216 g/mol. The molecule has 0 spiro atoms. The van der Waals surface area contributed by atoms with Crippen molar-refractivity contribution in [3.63, 3.8) is 0 Å². The molecule has 0 saturated heterocycles. The minimum absolute atomic E-state index is 0.550. The predicted octanol–water partition coefficient (Wildman–Crippen LogP) is 3.16. The molecule has 1 atom stereocenters. The molecule has 0 fully saturated rings. The lowest BCUT2D eigenvalue weighted by Crippen LogP contribution is -2.17. The summed E-state index contributed by atoms with van der Waals surface area (Å²) in [6, 6.07) is 0.550. The van der Waals surface area contributed by atoms with Gasteiger partial charge in [-0.1, -0.05) is 6.92 Å². The van der Waals surface area contributed by atoms with E-state index < -0.39 is 0 Å². The van der Waals surface area contributed by atoms with E-state index in [0.717, 1.165) is 16.5 Å². The van der Waals surface area contributed by atoms with Crippen LogP contribution < -0.4 is 4.72 Å². The number of thiazole rings is 1. The van der Waals surface area contributed by atoms with Gasteiger partial charge in [0.15, 0.2) is 4.34 Å². The summed E-state index contributed by atoms with van der Waals surface area (Å²) in [5.74, 6) is 0. The quantitative estimate of drug-likeness (QED) is 0.783. The first-order valence-corrected chi connectivity index (χ1v) is 6.13. The van der Waals surface area contributed by atoms with Crippen molar-refractivity contribution in [2.24, 2.45) is 0 Å². The maximum absolute atomic E-state index is 4.44. The van der Waals surface area contributed by atoms with Gasteiger partial charge < -0.3 is 0 Å². The van der Waals surface area contributed by atoms with Crippen LogP contribution in [0.2, 0.25) is 0 Å². The Morgan fingerprint density at radius 2 is 2.23 bits per heavy atom. The van der Waals surface area contributed by atoms with Crippen molar-refractivity contribution in [2.75, 3.05) is 0 Å². The first-order chi connectivity index (χ1) is 6.13. The predicted molar refractivity (Wildman–Crippen MR) is 60.3 cm³/mol. The summed E-state index contributed by atoms with van der Waals surface area (Å²) in [6.45, 7) is 8.52. The number of nitrogens with zero attached hydrogens (tertiary/aromatic N) is 1. The molecule has 1 aromatic rings. The Morgan fingerprint density at radius 3 is 2.69 bits per heavy atom. The van der Waals surface area contributed by atoms with E-state index in [1.54, 1.807) is 23.3 Å². The van der Waals surface area contributed by atoms with Crippen molar-refractivity contribution in [3.05, 3.63) is 10.6 Å². The van der Waals surface area contributed by atoms with E-state index in [2.05, 4.69) is 37.4 Å². The molecule has 0 aliphatic carbocycles. The maximum atomic E-state index is 4.44. The average Bonchev–Trinajstić information content (AvgIpc) is 2.42.